The van der Waals surface area contributed by atoms with E-state index in [1.165, 1.54) is 12.8 Å². The first-order chi connectivity index (χ1) is 7.67. The lowest BCUT2D eigenvalue weighted by atomic mass is 10.3. The molecule has 4 nitrogen and oxygen atoms in total. The van der Waals surface area contributed by atoms with Crippen LogP contribution < -0.4 is 0 Å². The van der Waals surface area contributed by atoms with Gasteiger partial charge in [-0.05, 0) is 25.9 Å². The first-order valence-corrected chi connectivity index (χ1v) is 7.99. The lowest BCUT2D eigenvalue weighted by Gasteiger charge is -2.28. The van der Waals surface area contributed by atoms with E-state index in [1.807, 2.05) is 0 Å². The molecule has 5 heteroatoms. The monoisotopic (exact) mass is 249 g/mol. The standard InChI is InChI=1S/C11H27NO3Si/c1-6-8-12(9-7-2)10-11-16(13-3,14-4)15-5/h6-11H2,1-5H3. The lowest BCUT2D eigenvalue weighted by Crippen LogP contribution is -2.45. The van der Waals surface area contributed by atoms with Crippen LogP contribution in [0.1, 0.15) is 26.7 Å². The number of nitrogens with zero attached hydrogens (tertiary/aromatic N) is 1. The van der Waals surface area contributed by atoms with Crippen molar-refractivity contribution in [2.75, 3.05) is 41.0 Å². The normalized spacial score (nSPS) is 12.4. The van der Waals surface area contributed by atoms with Crippen molar-refractivity contribution in [1.82, 2.24) is 4.90 Å². The molecule has 0 bridgehead atoms. The Labute approximate surface area is 101 Å². The molecule has 0 atom stereocenters. The largest absolute Gasteiger partial charge is 0.501 e. The molecular formula is C11H27NO3Si. The zero-order valence-electron chi connectivity index (χ0n) is 11.4. The topological polar surface area (TPSA) is 30.9 Å². The summed E-state index contributed by atoms with van der Waals surface area (Å²) in [5.74, 6) is 0. The second-order valence-electron chi connectivity index (χ2n) is 3.89. The van der Waals surface area contributed by atoms with E-state index >= 15 is 0 Å². The summed E-state index contributed by atoms with van der Waals surface area (Å²) < 4.78 is 16.2. The van der Waals surface area contributed by atoms with E-state index in [0.29, 0.717) is 0 Å². The van der Waals surface area contributed by atoms with Crippen molar-refractivity contribution < 1.29 is 13.3 Å². The van der Waals surface area contributed by atoms with Crippen LogP contribution in [0.5, 0.6) is 0 Å². The Morgan fingerprint density at radius 1 is 0.812 bits per heavy atom. The molecule has 0 amide bonds. The molecule has 0 aromatic heterocycles. The summed E-state index contributed by atoms with van der Waals surface area (Å²) in [4.78, 5) is 2.44. The van der Waals surface area contributed by atoms with Crippen LogP contribution in [0.3, 0.4) is 0 Å². The Morgan fingerprint density at radius 2 is 1.25 bits per heavy atom. The highest BCUT2D eigenvalue weighted by Crippen LogP contribution is 2.13. The van der Waals surface area contributed by atoms with Crippen molar-refractivity contribution in [3.05, 3.63) is 0 Å². The van der Waals surface area contributed by atoms with E-state index in [4.69, 9.17) is 13.3 Å². The molecule has 0 aliphatic carbocycles. The molecule has 0 aliphatic heterocycles. The summed E-state index contributed by atoms with van der Waals surface area (Å²) in [6.07, 6.45) is 2.36. The Morgan fingerprint density at radius 3 is 1.56 bits per heavy atom. The van der Waals surface area contributed by atoms with Gasteiger partial charge in [-0.3, -0.25) is 0 Å². The first kappa shape index (κ1) is 16.1. The average Bonchev–Trinajstić information content (AvgIpc) is 2.32. The van der Waals surface area contributed by atoms with Crippen molar-refractivity contribution >= 4 is 8.80 Å². The fourth-order valence-electron chi connectivity index (χ4n) is 1.82. The maximum atomic E-state index is 5.41. The SMILES string of the molecule is CCCN(CCC)CC[Si](OC)(OC)OC. The zero-order valence-corrected chi connectivity index (χ0v) is 12.4. The fourth-order valence-corrected chi connectivity index (χ4v) is 3.52. The highest BCUT2D eigenvalue weighted by atomic mass is 28.4. The van der Waals surface area contributed by atoms with Gasteiger partial charge in [-0.1, -0.05) is 13.8 Å². The Bertz CT molecular complexity index is 151. The molecule has 0 rings (SSSR count). The third kappa shape index (κ3) is 5.40. The highest BCUT2D eigenvalue weighted by Gasteiger charge is 2.37. The van der Waals surface area contributed by atoms with Gasteiger partial charge in [-0.2, -0.15) is 0 Å². The number of hydrogen-bond acceptors (Lipinski definition) is 4. The Kier molecular flexibility index (Phi) is 9.16. The second kappa shape index (κ2) is 9.12. The van der Waals surface area contributed by atoms with Gasteiger partial charge in [-0.15, -0.1) is 0 Å². The van der Waals surface area contributed by atoms with Gasteiger partial charge in [-0.25, -0.2) is 0 Å². The van der Waals surface area contributed by atoms with Crippen LogP contribution in [0.2, 0.25) is 6.04 Å². The van der Waals surface area contributed by atoms with E-state index in [2.05, 4.69) is 18.7 Å². The van der Waals surface area contributed by atoms with E-state index < -0.39 is 8.80 Å². The quantitative estimate of drug-likeness (QED) is 0.554. The Hall–Kier alpha value is 0.0569. The fraction of sp³-hybridized carbons (Fsp3) is 1.00. The van der Waals surface area contributed by atoms with E-state index in [1.54, 1.807) is 21.3 Å². The molecule has 16 heavy (non-hydrogen) atoms. The predicted octanol–water partition coefficient (Wildman–Crippen LogP) is 1.99. The highest BCUT2D eigenvalue weighted by molar-refractivity contribution is 6.60. The molecule has 0 aromatic carbocycles. The molecule has 98 valence electrons. The van der Waals surface area contributed by atoms with E-state index in [-0.39, 0.29) is 0 Å². The minimum absolute atomic E-state index is 0.858. The van der Waals surface area contributed by atoms with Crippen molar-refractivity contribution in [3.8, 4) is 0 Å². The van der Waals surface area contributed by atoms with Gasteiger partial charge in [0.2, 0.25) is 0 Å². The van der Waals surface area contributed by atoms with Gasteiger partial charge in [0.1, 0.15) is 0 Å². The Balaban J connectivity index is 4.13. The third-order valence-electron chi connectivity index (χ3n) is 2.75. The molecule has 0 N–H and O–H groups in total. The van der Waals surface area contributed by atoms with Crippen LogP contribution in [0, 0.1) is 0 Å². The van der Waals surface area contributed by atoms with Crippen molar-refractivity contribution in [2.45, 2.75) is 32.7 Å². The van der Waals surface area contributed by atoms with Gasteiger partial charge in [0.25, 0.3) is 0 Å². The zero-order chi connectivity index (χ0) is 12.4. The molecule has 0 aromatic rings. The van der Waals surface area contributed by atoms with Crippen LogP contribution >= 0.6 is 0 Å². The molecule has 0 aliphatic rings. The van der Waals surface area contributed by atoms with Gasteiger partial charge in [0, 0.05) is 33.9 Å². The number of hydrogen-bond donors (Lipinski definition) is 0. The van der Waals surface area contributed by atoms with Crippen LogP contribution in [-0.2, 0) is 13.3 Å². The predicted molar refractivity (Wildman–Crippen MR) is 68.6 cm³/mol. The van der Waals surface area contributed by atoms with E-state index in [0.717, 1.165) is 25.7 Å². The second-order valence-corrected chi connectivity index (χ2v) is 6.98. The van der Waals surface area contributed by atoms with Gasteiger partial charge in [0.15, 0.2) is 0 Å². The summed E-state index contributed by atoms with van der Waals surface area (Å²) in [7, 11) is 2.63. The van der Waals surface area contributed by atoms with Crippen molar-refractivity contribution in [3.63, 3.8) is 0 Å². The summed E-state index contributed by atoms with van der Waals surface area (Å²) in [6.45, 7) is 7.67. The molecule has 0 radical (unpaired) electrons. The maximum absolute atomic E-state index is 5.41. The molecular weight excluding hydrogens is 222 g/mol. The first-order valence-electron chi connectivity index (χ1n) is 6.05. The smallest absolute Gasteiger partial charge is 0.377 e. The summed E-state index contributed by atoms with van der Waals surface area (Å²) >= 11 is 0. The molecule has 0 unspecified atom stereocenters. The minimum Gasteiger partial charge on any atom is -0.377 e. The minimum atomic E-state index is -2.38. The number of rotatable bonds is 10. The summed E-state index contributed by atoms with van der Waals surface area (Å²) in [6, 6.07) is 0.858. The van der Waals surface area contributed by atoms with Gasteiger partial charge >= 0.3 is 8.80 Å². The summed E-state index contributed by atoms with van der Waals surface area (Å²) in [5, 5.41) is 0. The molecule has 0 spiro atoms. The molecule has 0 saturated heterocycles. The van der Waals surface area contributed by atoms with Crippen LogP contribution in [0.25, 0.3) is 0 Å². The van der Waals surface area contributed by atoms with Crippen LogP contribution in [0.4, 0.5) is 0 Å². The maximum Gasteiger partial charge on any atom is 0.501 e. The van der Waals surface area contributed by atoms with Gasteiger partial charge < -0.3 is 18.2 Å². The molecule has 0 heterocycles. The van der Waals surface area contributed by atoms with Crippen molar-refractivity contribution in [1.29, 1.82) is 0 Å². The summed E-state index contributed by atoms with van der Waals surface area (Å²) in [5.41, 5.74) is 0. The van der Waals surface area contributed by atoms with Crippen molar-refractivity contribution in [2.24, 2.45) is 0 Å². The lowest BCUT2D eigenvalue weighted by molar-refractivity contribution is 0.118. The van der Waals surface area contributed by atoms with E-state index in [9.17, 15) is 0 Å². The molecule has 0 saturated carbocycles. The van der Waals surface area contributed by atoms with Crippen LogP contribution in [0.15, 0.2) is 0 Å². The average molecular weight is 249 g/mol. The van der Waals surface area contributed by atoms with Gasteiger partial charge in [0.05, 0.1) is 0 Å². The van der Waals surface area contributed by atoms with Crippen LogP contribution in [-0.4, -0.2) is 54.7 Å². The third-order valence-corrected chi connectivity index (χ3v) is 5.45. The molecule has 0 fully saturated rings.